The molecule has 1 aliphatic heterocycles. The van der Waals surface area contributed by atoms with E-state index < -0.39 is 30.4 Å². The molecule has 10 nitrogen and oxygen atoms in total. The van der Waals surface area contributed by atoms with Crippen LogP contribution < -0.4 is 10.6 Å². The Hall–Kier alpha value is -2.01. The molecule has 4 N–H and O–H groups in total. The number of aliphatic hydroxyl groups is 2. The van der Waals surface area contributed by atoms with E-state index in [1.165, 1.54) is 17.9 Å². The van der Waals surface area contributed by atoms with Gasteiger partial charge >= 0.3 is 0 Å². The molecular formula is C16H21ClN6O4. The maximum Gasteiger partial charge on any atom is 0.251 e. The molecule has 0 spiro atoms. The van der Waals surface area contributed by atoms with Crippen LogP contribution in [0.2, 0.25) is 5.28 Å². The molecule has 11 heteroatoms. The van der Waals surface area contributed by atoms with Crippen LogP contribution in [0.4, 0.5) is 5.82 Å². The van der Waals surface area contributed by atoms with Crippen LogP contribution in [0.5, 0.6) is 0 Å². The number of imidazole rings is 1. The monoisotopic (exact) mass is 396 g/mol. The first-order valence-electron chi connectivity index (χ1n) is 8.89. The Morgan fingerprint density at radius 2 is 2.04 bits per heavy atom. The number of halogens is 1. The lowest BCUT2D eigenvalue weighted by atomic mass is 10.1. The van der Waals surface area contributed by atoms with E-state index >= 15 is 0 Å². The molecule has 2 fully saturated rings. The molecule has 2 aromatic heterocycles. The minimum absolute atomic E-state index is 0.0284. The molecular weight excluding hydrogens is 376 g/mol. The zero-order valence-electron chi connectivity index (χ0n) is 14.7. The van der Waals surface area contributed by atoms with Crippen molar-refractivity contribution in [2.24, 2.45) is 0 Å². The highest BCUT2D eigenvalue weighted by Crippen LogP contribution is 2.33. The molecule has 1 amide bonds. The lowest BCUT2D eigenvalue weighted by molar-refractivity contribution is -0.137. The zero-order chi connectivity index (χ0) is 19.1. The molecule has 1 saturated heterocycles. The fraction of sp³-hybridized carbons (Fsp3) is 0.625. The van der Waals surface area contributed by atoms with Crippen LogP contribution in [0.15, 0.2) is 6.33 Å². The number of likely N-dealkylation sites (N-methyl/N-ethyl adjacent to an activating group) is 1. The van der Waals surface area contributed by atoms with E-state index in [9.17, 15) is 15.0 Å². The standard InChI is InChI=1S/C16H21ClN6O4/c1-18-14(26)11-9(24)10(25)15(27-11)23-6-19-8-12(20-7-4-2-3-5-7)21-16(17)22-13(8)23/h6-7,9-11,15,24-25H,2-5H2,1H3,(H,18,26)(H,20,21,22)/t9-,10+,11-,15+/m0/s1. The summed E-state index contributed by atoms with van der Waals surface area (Å²) in [7, 11) is 1.43. The first kappa shape index (κ1) is 18.4. The van der Waals surface area contributed by atoms with Crippen LogP contribution in [0.25, 0.3) is 11.2 Å². The number of fused-ring (bicyclic) bond motifs is 1. The van der Waals surface area contributed by atoms with E-state index in [1.807, 2.05) is 0 Å². The molecule has 0 radical (unpaired) electrons. The van der Waals surface area contributed by atoms with E-state index in [2.05, 4.69) is 25.6 Å². The molecule has 0 aromatic carbocycles. The molecule has 3 heterocycles. The first-order valence-corrected chi connectivity index (χ1v) is 9.27. The topological polar surface area (TPSA) is 134 Å². The van der Waals surface area contributed by atoms with Gasteiger partial charge in [-0.15, -0.1) is 0 Å². The number of anilines is 1. The minimum atomic E-state index is -1.37. The highest BCUT2D eigenvalue weighted by atomic mass is 35.5. The van der Waals surface area contributed by atoms with Crippen molar-refractivity contribution in [3.8, 4) is 0 Å². The average Bonchev–Trinajstić information content (AvgIpc) is 3.36. The average molecular weight is 397 g/mol. The normalized spacial score (nSPS) is 28.7. The third kappa shape index (κ3) is 3.22. The van der Waals surface area contributed by atoms with Crippen LogP contribution in [0.3, 0.4) is 0 Å². The highest BCUT2D eigenvalue weighted by Gasteiger charge is 2.47. The van der Waals surface area contributed by atoms with E-state index in [-0.39, 0.29) is 5.28 Å². The number of rotatable bonds is 4. The lowest BCUT2D eigenvalue weighted by Gasteiger charge is -2.17. The summed E-state index contributed by atoms with van der Waals surface area (Å²) in [6.07, 6.45) is 0.929. The van der Waals surface area contributed by atoms with Gasteiger partial charge in [0.05, 0.1) is 6.33 Å². The Kier molecular flexibility index (Phi) is 4.89. The van der Waals surface area contributed by atoms with Crippen molar-refractivity contribution in [3.63, 3.8) is 0 Å². The van der Waals surface area contributed by atoms with Crippen molar-refractivity contribution < 1.29 is 19.7 Å². The quantitative estimate of drug-likeness (QED) is 0.538. The number of hydrogen-bond donors (Lipinski definition) is 4. The molecule has 146 valence electrons. The summed E-state index contributed by atoms with van der Waals surface area (Å²) in [6.45, 7) is 0. The van der Waals surface area contributed by atoms with Crippen LogP contribution in [-0.2, 0) is 9.53 Å². The summed E-state index contributed by atoms with van der Waals surface area (Å²) in [5, 5.41) is 26.3. The van der Waals surface area contributed by atoms with Crippen LogP contribution in [-0.4, -0.2) is 67.0 Å². The second-order valence-electron chi connectivity index (χ2n) is 6.83. The molecule has 2 aromatic rings. The van der Waals surface area contributed by atoms with E-state index in [0.29, 0.717) is 23.0 Å². The van der Waals surface area contributed by atoms with Gasteiger partial charge in [0.2, 0.25) is 5.28 Å². The Bertz CT molecular complexity index is 855. The SMILES string of the molecule is CNC(=O)[C@H]1O[C@@H](n2cnc3c(NC4CCCC4)nc(Cl)nc32)[C@H](O)[C@@H]1O. The third-order valence-electron chi connectivity index (χ3n) is 5.11. The van der Waals surface area contributed by atoms with Crippen molar-refractivity contribution in [1.29, 1.82) is 0 Å². The van der Waals surface area contributed by atoms with Crippen molar-refractivity contribution in [2.75, 3.05) is 12.4 Å². The third-order valence-corrected chi connectivity index (χ3v) is 5.28. The molecule has 0 unspecified atom stereocenters. The predicted molar refractivity (Wildman–Crippen MR) is 96.2 cm³/mol. The molecule has 1 saturated carbocycles. The molecule has 4 atom stereocenters. The van der Waals surface area contributed by atoms with E-state index in [0.717, 1.165) is 25.7 Å². The molecule has 4 rings (SSSR count). The number of ether oxygens (including phenoxy) is 1. The van der Waals surface area contributed by atoms with Gasteiger partial charge in [-0.1, -0.05) is 12.8 Å². The van der Waals surface area contributed by atoms with E-state index in [4.69, 9.17) is 16.3 Å². The summed E-state index contributed by atoms with van der Waals surface area (Å²) < 4.78 is 7.05. The number of aliphatic hydroxyl groups excluding tert-OH is 2. The maximum atomic E-state index is 11.9. The molecule has 0 bridgehead atoms. The fourth-order valence-electron chi connectivity index (χ4n) is 3.69. The Balaban J connectivity index is 1.68. The Morgan fingerprint density at radius 3 is 2.74 bits per heavy atom. The largest absolute Gasteiger partial charge is 0.387 e. The van der Waals surface area contributed by atoms with Gasteiger partial charge in [0.25, 0.3) is 5.91 Å². The molecule has 1 aliphatic carbocycles. The summed E-state index contributed by atoms with van der Waals surface area (Å²) >= 11 is 6.09. The summed E-state index contributed by atoms with van der Waals surface area (Å²) in [4.78, 5) is 24.7. The van der Waals surface area contributed by atoms with Gasteiger partial charge in [0, 0.05) is 13.1 Å². The van der Waals surface area contributed by atoms with Crippen LogP contribution >= 0.6 is 11.6 Å². The number of hydrogen-bond acceptors (Lipinski definition) is 8. The smallest absolute Gasteiger partial charge is 0.251 e. The van der Waals surface area contributed by atoms with Crippen molar-refractivity contribution in [3.05, 3.63) is 11.6 Å². The highest BCUT2D eigenvalue weighted by molar-refractivity contribution is 6.28. The minimum Gasteiger partial charge on any atom is -0.387 e. The fourth-order valence-corrected chi connectivity index (χ4v) is 3.85. The number of carbonyl (C=O) groups is 1. The van der Waals surface area contributed by atoms with Gasteiger partial charge in [-0.3, -0.25) is 9.36 Å². The van der Waals surface area contributed by atoms with Gasteiger partial charge < -0.3 is 25.6 Å². The van der Waals surface area contributed by atoms with Gasteiger partial charge in [0.15, 0.2) is 29.3 Å². The maximum absolute atomic E-state index is 11.9. The molecule has 2 aliphatic rings. The second kappa shape index (κ2) is 7.19. The zero-order valence-corrected chi connectivity index (χ0v) is 15.4. The van der Waals surface area contributed by atoms with Crippen molar-refractivity contribution in [2.45, 2.75) is 56.3 Å². The summed E-state index contributed by atoms with van der Waals surface area (Å²) in [6, 6.07) is 0.303. The Labute approximate surface area is 159 Å². The second-order valence-corrected chi connectivity index (χ2v) is 7.17. The van der Waals surface area contributed by atoms with Crippen molar-refractivity contribution >= 4 is 34.5 Å². The number of amides is 1. The molecule has 27 heavy (non-hydrogen) atoms. The van der Waals surface area contributed by atoms with Gasteiger partial charge in [-0.05, 0) is 24.4 Å². The number of aromatic nitrogens is 4. The lowest BCUT2D eigenvalue weighted by Crippen LogP contribution is -2.41. The summed E-state index contributed by atoms with van der Waals surface area (Å²) in [5.74, 6) is -0.00347. The summed E-state index contributed by atoms with van der Waals surface area (Å²) in [5.41, 5.74) is 0.837. The van der Waals surface area contributed by atoms with Crippen molar-refractivity contribution in [1.82, 2.24) is 24.8 Å². The number of carbonyl (C=O) groups excluding carboxylic acids is 1. The van der Waals surface area contributed by atoms with Crippen LogP contribution in [0.1, 0.15) is 31.9 Å². The van der Waals surface area contributed by atoms with E-state index in [1.54, 1.807) is 0 Å². The predicted octanol–water partition coefficient (Wildman–Crippen LogP) is 0.199. The van der Waals surface area contributed by atoms with Gasteiger partial charge in [-0.2, -0.15) is 9.97 Å². The first-order chi connectivity index (χ1) is 13.0. The van der Waals surface area contributed by atoms with Crippen LogP contribution in [0, 0.1) is 0 Å². The van der Waals surface area contributed by atoms with Gasteiger partial charge in [-0.25, -0.2) is 4.98 Å². The number of nitrogens with one attached hydrogen (secondary N) is 2. The van der Waals surface area contributed by atoms with Gasteiger partial charge in [0.1, 0.15) is 12.2 Å². The Morgan fingerprint density at radius 1 is 1.30 bits per heavy atom. The number of nitrogens with zero attached hydrogens (tertiary/aromatic N) is 4.